The normalized spacial score (nSPS) is 13.2. The minimum absolute atomic E-state index is 0.0842. The van der Waals surface area contributed by atoms with Gasteiger partial charge in [-0.25, -0.2) is 5.09 Å². The van der Waals surface area contributed by atoms with Gasteiger partial charge in [-0.3, -0.25) is 14.2 Å². The van der Waals surface area contributed by atoms with Crippen molar-refractivity contribution >= 4 is 110 Å². The Kier molecular flexibility index (Phi) is 17.8. The van der Waals surface area contributed by atoms with Crippen LogP contribution in [0.3, 0.4) is 0 Å². The van der Waals surface area contributed by atoms with Crippen molar-refractivity contribution in [2.24, 2.45) is 14.2 Å². The number of nitrogens with one attached hydrogen (secondary N) is 1. The summed E-state index contributed by atoms with van der Waals surface area (Å²) in [6.45, 7) is 0. The van der Waals surface area contributed by atoms with Gasteiger partial charge in [-0.15, -0.1) is 0 Å². The Balaban J connectivity index is 1.14. The molecule has 14 rings (SSSR count). The third-order valence-electron chi connectivity index (χ3n) is 17.2. The van der Waals surface area contributed by atoms with Gasteiger partial charge in [-0.05, 0) is 101 Å². The number of anilines is 1. The van der Waals surface area contributed by atoms with E-state index in [9.17, 15) is 0 Å². The van der Waals surface area contributed by atoms with E-state index in [4.69, 9.17) is 14.2 Å². The Morgan fingerprint density at radius 3 is 0.880 bits per heavy atom. The first-order chi connectivity index (χ1) is 45.5. The Morgan fingerprint density at radius 2 is 0.565 bits per heavy atom. The van der Waals surface area contributed by atoms with Crippen LogP contribution in [0.4, 0.5) is 22.7 Å². The molecular formula is C84H69N4P4+. The number of benzene rings is 13. The van der Waals surface area contributed by atoms with Gasteiger partial charge in [-0.1, -0.05) is 322 Å². The third kappa shape index (κ3) is 11.9. The zero-order chi connectivity index (χ0) is 61.9. The fraction of sp³-hybridized carbons (Fsp3) is 0.0238. The molecule has 0 aromatic heterocycles. The molecule has 4 nitrogen and oxygen atoms in total. The predicted octanol–water partition coefficient (Wildman–Crippen LogP) is 18.7. The molecule has 444 valence electrons. The number of rotatable bonds is 18. The van der Waals surface area contributed by atoms with E-state index in [1.807, 2.05) is 0 Å². The maximum Gasteiger partial charge on any atom is 0.199 e. The molecule has 0 amide bonds. The highest BCUT2D eigenvalue weighted by atomic mass is 31.2. The van der Waals surface area contributed by atoms with Crippen molar-refractivity contribution in [1.82, 2.24) is 0 Å². The Morgan fingerprint density at radius 1 is 0.283 bits per heavy atom. The van der Waals surface area contributed by atoms with Crippen molar-refractivity contribution in [3.63, 3.8) is 0 Å². The van der Waals surface area contributed by atoms with Crippen LogP contribution in [-0.2, 0) is 0 Å². The van der Waals surface area contributed by atoms with Crippen LogP contribution in [0.5, 0.6) is 0 Å². The zero-order valence-electron chi connectivity index (χ0n) is 50.9. The van der Waals surface area contributed by atoms with Gasteiger partial charge in [0, 0.05) is 44.5 Å². The number of allylic oxidation sites excluding steroid dienone is 4. The molecule has 0 spiro atoms. The van der Waals surface area contributed by atoms with Crippen LogP contribution in [-0.4, -0.2) is 5.66 Å². The highest BCUT2D eigenvalue weighted by Crippen LogP contribution is 2.60. The highest BCUT2D eigenvalue weighted by Gasteiger charge is 2.46. The van der Waals surface area contributed by atoms with E-state index in [1.165, 1.54) is 26.5 Å². The topological polar surface area (TPSA) is 49.1 Å². The van der Waals surface area contributed by atoms with Crippen LogP contribution in [0.25, 0.3) is 11.1 Å². The second-order valence-corrected chi connectivity index (χ2v) is 35.3. The van der Waals surface area contributed by atoms with Crippen LogP contribution < -0.4 is 63.4 Å². The molecular weight excluding hydrogens is 1190 g/mol. The molecule has 1 atom stereocenters. The Labute approximate surface area is 543 Å². The molecule has 0 radical (unpaired) electrons. The summed E-state index contributed by atoms with van der Waals surface area (Å²) in [4.78, 5) is 0. The van der Waals surface area contributed by atoms with E-state index in [1.54, 1.807) is 0 Å². The molecule has 0 heterocycles. The standard InChI is InChI=1S/C84H69N4P4/c1-13-37-73(38-14-1)89(74-39-15-2-16-40-74,75-41-17-3-18-42-75)85-69-61-67(62-70(65-69)86-90(76-43-19-4-20-44-76,77-45-21-5-22-46-77)78-47-23-6-24-48-78)68-63-71(87-91(79-49-25-7-26-50-79,80-51-27-8-28-52-80)81-53-29-9-30-54-81)66-72(64-68)88-92(82-55-31-10-32-56-82,83-57-33-11-34-58-83)84-59-35-12-36-60-84/h1-59,61-66,84-85H,60H2/q+1. The molecule has 13 aromatic carbocycles. The number of nitrogens with zero attached hydrogens (tertiary/aromatic N) is 3. The Hall–Kier alpha value is -9.74. The molecule has 1 aliphatic rings. The third-order valence-corrected chi connectivity index (χ3v) is 32.4. The van der Waals surface area contributed by atoms with Gasteiger partial charge < -0.3 is 0 Å². The van der Waals surface area contributed by atoms with Crippen molar-refractivity contribution in [1.29, 1.82) is 0 Å². The van der Waals surface area contributed by atoms with E-state index in [-0.39, 0.29) is 5.66 Å². The first-order valence-electron chi connectivity index (χ1n) is 31.3. The van der Waals surface area contributed by atoms with Gasteiger partial charge in [0.15, 0.2) is 7.41 Å². The van der Waals surface area contributed by atoms with Gasteiger partial charge in [0.1, 0.15) is 15.9 Å². The molecule has 1 N–H and O–H groups in total. The van der Waals surface area contributed by atoms with Crippen molar-refractivity contribution in [3.05, 3.63) is 394 Å². The molecule has 0 bridgehead atoms. The van der Waals surface area contributed by atoms with E-state index in [0.717, 1.165) is 72.1 Å². The molecule has 0 fully saturated rings. The van der Waals surface area contributed by atoms with Gasteiger partial charge >= 0.3 is 0 Å². The van der Waals surface area contributed by atoms with Crippen LogP contribution >= 0.6 is 28.6 Å². The maximum atomic E-state index is 6.40. The first kappa shape index (κ1) is 59.9. The monoisotopic (exact) mass is 1260 g/mol. The summed E-state index contributed by atoms with van der Waals surface area (Å²) < 4.78 is 19.1. The van der Waals surface area contributed by atoms with Gasteiger partial charge in [0.2, 0.25) is 0 Å². The molecule has 0 aliphatic heterocycles. The maximum absolute atomic E-state index is 6.40. The summed E-state index contributed by atoms with van der Waals surface area (Å²) in [5.41, 5.74) is 5.51. The van der Waals surface area contributed by atoms with Crippen molar-refractivity contribution in [2.45, 2.75) is 12.1 Å². The summed E-state index contributed by atoms with van der Waals surface area (Å²) in [6, 6.07) is 135. The highest BCUT2D eigenvalue weighted by molar-refractivity contribution is 7.96. The van der Waals surface area contributed by atoms with Gasteiger partial charge in [0.25, 0.3) is 0 Å². The molecule has 92 heavy (non-hydrogen) atoms. The zero-order valence-corrected chi connectivity index (χ0v) is 54.5. The fourth-order valence-corrected chi connectivity index (χ4v) is 27.7. The SMILES string of the molecule is C1=CCC(P(=Nc2cc(N=P(c3ccccc3)(c3ccccc3)c3ccccc3)cc(-c3cc(N=P(c4ccccc4)(c4ccccc4)c4ccccc4)cc(N[P+](c4ccccc4)(c4ccccc4)c4ccccc4)c3)c2)(c2ccccc2)c2ccccc2)C=C1. The Bertz CT molecular complexity index is 4500. The van der Waals surface area contributed by atoms with E-state index in [2.05, 4.69) is 399 Å². The largest absolute Gasteiger partial charge is 0.258 e. The lowest BCUT2D eigenvalue weighted by molar-refractivity contribution is 1.04. The molecule has 0 saturated heterocycles. The minimum atomic E-state index is -2.83. The number of hydrogen-bond acceptors (Lipinski definition) is 4. The van der Waals surface area contributed by atoms with Crippen molar-refractivity contribution < 1.29 is 0 Å². The van der Waals surface area contributed by atoms with Crippen molar-refractivity contribution in [2.75, 3.05) is 5.09 Å². The summed E-state index contributed by atoms with van der Waals surface area (Å²) in [5.74, 6) is 0. The molecule has 0 saturated carbocycles. The van der Waals surface area contributed by atoms with E-state index >= 15 is 0 Å². The lowest BCUT2D eigenvalue weighted by Gasteiger charge is -2.33. The lowest BCUT2D eigenvalue weighted by atomic mass is 10.0. The van der Waals surface area contributed by atoms with Crippen LogP contribution in [0, 0.1) is 0 Å². The van der Waals surface area contributed by atoms with Crippen molar-refractivity contribution in [3.8, 4) is 11.1 Å². The molecule has 13 aromatic rings. The predicted molar refractivity (Wildman–Crippen MR) is 403 cm³/mol. The molecule has 1 aliphatic carbocycles. The lowest BCUT2D eigenvalue weighted by Crippen LogP contribution is -2.36. The fourth-order valence-electron chi connectivity index (χ4n) is 13.1. The summed E-state index contributed by atoms with van der Waals surface area (Å²) in [7, 11) is -11.1. The van der Waals surface area contributed by atoms with E-state index in [0.29, 0.717) is 0 Å². The second-order valence-electron chi connectivity index (χ2n) is 22.9. The second kappa shape index (κ2) is 27.4. The summed E-state index contributed by atoms with van der Waals surface area (Å²) in [5, 5.41) is 17.5. The smallest absolute Gasteiger partial charge is 0.199 e. The van der Waals surface area contributed by atoms with E-state index < -0.39 is 28.6 Å². The average Bonchev–Trinajstić information content (AvgIpc) is 0.826. The van der Waals surface area contributed by atoms with Gasteiger partial charge in [0.05, 0.1) is 36.9 Å². The van der Waals surface area contributed by atoms with Crippen LogP contribution in [0.1, 0.15) is 6.42 Å². The summed E-state index contributed by atoms with van der Waals surface area (Å²) >= 11 is 0. The van der Waals surface area contributed by atoms with Gasteiger partial charge in [-0.2, -0.15) is 0 Å². The average molecular weight is 1260 g/mol. The number of hydrogen-bond donors (Lipinski definition) is 1. The first-order valence-corrected chi connectivity index (χ1v) is 38.4. The molecule has 8 heteroatoms. The molecule has 1 unspecified atom stereocenters. The van der Waals surface area contributed by atoms with Crippen LogP contribution in [0.15, 0.2) is 409 Å². The quantitative estimate of drug-likeness (QED) is 0.0855. The summed E-state index contributed by atoms with van der Waals surface area (Å²) in [6.07, 6.45) is 9.95. The minimum Gasteiger partial charge on any atom is -0.258 e. The van der Waals surface area contributed by atoms with Crippen LogP contribution in [0.2, 0.25) is 0 Å².